The van der Waals surface area contributed by atoms with Crippen molar-refractivity contribution in [2.24, 2.45) is 11.7 Å². The Morgan fingerprint density at radius 3 is 2.92 bits per heavy atom. The molecule has 0 spiro atoms. The fourth-order valence-corrected chi connectivity index (χ4v) is 1.69. The summed E-state index contributed by atoms with van der Waals surface area (Å²) in [5.74, 6) is -0.184. The third kappa shape index (κ3) is 2.97. The molecule has 2 N–H and O–H groups in total. The second-order valence-electron chi connectivity index (χ2n) is 3.73. The summed E-state index contributed by atoms with van der Waals surface area (Å²) in [6.45, 7) is 4.56. The van der Waals surface area contributed by atoms with Gasteiger partial charge in [0.1, 0.15) is 0 Å². The minimum absolute atomic E-state index is 0.0460. The SMILES string of the molecule is COC(=O)C(C)CN1CC[C@@H](N)C1. The predicted molar refractivity (Wildman–Crippen MR) is 50.2 cm³/mol. The van der Waals surface area contributed by atoms with Gasteiger partial charge in [-0.05, 0) is 13.0 Å². The van der Waals surface area contributed by atoms with Crippen LogP contribution in [-0.2, 0) is 9.53 Å². The Morgan fingerprint density at radius 2 is 2.46 bits per heavy atom. The van der Waals surface area contributed by atoms with E-state index in [-0.39, 0.29) is 17.9 Å². The molecule has 1 heterocycles. The first-order valence-electron chi connectivity index (χ1n) is 4.69. The number of rotatable bonds is 3. The Bertz CT molecular complexity index is 184. The predicted octanol–water partition coefficient (Wildman–Crippen LogP) is -0.171. The lowest BCUT2D eigenvalue weighted by Crippen LogP contribution is -2.32. The van der Waals surface area contributed by atoms with Crippen molar-refractivity contribution in [3.05, 3.63) is 0 Å². The number of carbonyl (C=O) groups excluding carboxylic acids is 1. The number of hydrogen-bond acceptors (Lipinski definition) is 4. The van der Waals surface area contributed by atoms with Crippen molar-refractivity contribution < 1.29 is 9.53 Å². The summed E-state index contributed by atoms with van der Waals surface area (Å²) in [6, 6.07) is 0.282. The number of methoxy groups -OCH3 is 1. The normalized spacial score (nSPS) is 25.9. The van der Waals surface area contributed by atoms with Crippen molar-refractivity contribution in [3.8, 4) is 0 Å². The molecule has 1 aliphatic rings. The lowest BCUT2D eigenvalue weighted by Gasteiger charge is -2.18. The van der Waals surface area contributed by atoms with Crippen LogP contribution >= 0.6 is 0 Å². The minimum Gasteiger partial charge on any atom is -0.469 e. The van der Waals surface area contributed by atoms with Crippen LogP contribution in [0.3, 0.4) is 0 Å². The highest BCUT2D eigenvalue weighted by molar-refractivity contribution is 5.72. The van der Waals surface area contributed by atoms with E-state index in [0.29, 0.717) is 0 Å². The van der Waals surface area contributed by atoms with Crippen molar-refractivity contribution in [2.45, 2.75) is 19.4 Å². The van der Waals surface area contributed by atoms with E-state index in [0.717, 1.165) is 26.1 Å². The molecule has 0 amide bonds. The van der Waals surface area contributed by atoms with Gasteiger partial charge in [0, 0.05) is 19.1 Å². The molecule has 0 aromatic carbocycles. The zero-order valence-electron chi connectivity index (χ0n) is 8.32. The standard InChI is InChI=1S/C9H18N2O2/c1-7(9(12)13-2)5-11-4-3-8(10)6-11/h7-8H,3-6,10H2,1-2H3/t7?,8-/m1/s1. The molecule has 1 saturated heterocycles. The first-order chi connectivity index (χ1) is 6.13. The Morgan fingerprint density at radius 1 is 1.77 bits per heavy atom. The maximum Gasteiger partial charge on any atom is 0.309 e. The summed E-state index contributed by atoms with van der Waals surface area (Å²) >= 11 is 0. The monoisotopic (exact) mass is 186 g/mol. The van der Waals surface area contributed by atoms with Gasteiger partial charge in [-0.3, -0.25) is 4.79 Å². The van der Waals surface area contributed by atoms with E-state index in [1.165, 1.54) is 7.11 Å². The smallest absolute Gasteiger partial charge is 0.309 e. The average Bonchev–Trinajstić information content (AvgIpc) is 2.49. The summed E-state index contributed by atoms with van der Waals surface area (Å²) in [6.07, 6.45) is 1.04. The Labute approximate surface area is 79.0 Å². The zero-order valence-corrected chi connectivity index (χ0v) is 8.32. The number of nitrogens with two attached hydrogens (primary N) is 1. The Kier molecular flexibility index (Phi) is 3.69. The van der Waals surface area contributed by atoms with Gasteiger partial charge in [0.05, 0.1) is 13.0 Å². The van der Waals surface area contributed by atoms with Crippen molar-refractivity contribution in [1.29, 1.82) is 0 Å². The van der Waals surface area contributed by atoms with E-state index < -0.39 is 0 Å². The lowest BCUT2D eigenvalue weighted by atomic mass is 10.2. The number of carbonyl (C=O) groups is 1. The van der Waals surface area contributed by atoms with Crippen LogP contribution in [0.2, 0.25) is 0 Å². The summed E-state index contributed by atoms with van der Waals surface area (Å²) in [7, 11) is 1.43. The third-order valence-corrected chi connectivity index (χ3v) is 2.44. The van der Waals surface area contributed by atoms with Crippen LogP contribution in [-0.4, -0.2) is 43.7 Å². The van der Waals surface area contributed by atoms with Gasteiger partial charge in [-0.15, -0.1) is 0 Å². The number of hydrogen-bond donors (Lipinski definition) is 1. The molecule has 1 aliphatic heterocycles. The molecule has 0 radical (unpaired) electrons. The van der Waals surface area contributed by atoms with Crippen LogP contribution in [0.1, 0.15) is 13.3 Å². The second-order valence-corrected chi connectivity index (χ2v) is 3.73. The van der Waals surface area contributed by atoms with Gasteiger partial charge in [0.2, 0.25) is 0 Å². The second kappa shape index (κ2) is 4.58. The summed E-state index contributed by atoms with van der Waals surface area (Å²) < 4.78 is 4.65. The van der Waals surface area contributed by atoms with Crippen molar-refractivity contribution in [2.75, 3.05) is 26.7 Å². The van der Waals surface area contributed by atoms with Gasteiger partial charge in [-0.1, -0.05) is 6.92 Å². The molecule has 0 aliphatic carbocycles. The van der Waals surface area contributed by atoms with E-state index in [9.17, 15) is 4.79 Å². The number of nitrogens with zero attached hydrogens (tertiary/aromatic N) is 1. The number of esters is 1. The third-order valence-electron chi connectivity index (χ3n) is 2.44. The first-order valence-corrected chi connectivity index (χ1v) is 4.69. The van der Waals surface area contributed by atoms with E-state index in [2.05, 4.69) is 9.64 Å². The average molecular weight is 186 g/mol. The van der Waals surface area contributed by atoms with Gasteiger partial charge < -0.3 is 15.4 Å². The highest BCUT2D eigenvalue weighted by atomic mass is 16.5. The molecular formula is C9H18N2O2. The fraction of sp³-hybridized carbons (Fsp3) is 0.889. The molecular weight excluding hydrogens is 168 g/mol. The molecule has 0 aromatic rings. The summed E-state index contributed by atoms with van der Waals surface area (Å²) in [5, 5.41) is 0. The van der Waals surface area contributed by atoms with Crippen LogP contribution in [0, 0.1) is 5.92 Å². The Hall–Kier alpha value is -0.610. The van der Waals surface area contributed by atoms with Crippen LogP contribution in [0.15, 0.2) is 0 Å². The maximum atomic E-state index is 11.1. The van der Waals surface area contributed by atoms with Crippen LogP contribution in [0.4, 0.5) is 0 Å². The molecule has 2 atom stereocenters. The van der Waals surface area contributed by atoms with Crippen LogP contribution < -0.4 is 5.73 Å². The minimum atomic E-state index is -0.138. The molecule has 4 heteroatoms. The van der Waals surface area contributed by atoms with Gasteiger partial charge in [-0.25, -0.2) is 0 Å². The molecule has 1 unspecified atom stereocenters. The quantitative estimate of drug-likeness (QED) is 0.622. The topological polar surface area (TPSA) is 55.6 Å². The van der Waals surface area contributed by atoms with E-state index >= 15 is 0 Å². The highest BCUT2D eigenvalue weighted by Gasteiger charge is 2.23. The molecule has 13 heavy (non-hydrogen) atoms. The van der Waals surface area contributed by atoms with Crippen LogP contribution in [0.25, 0.3) is 0 Å². The van der Waals surface area contributed by atoms with E-state index in [1.807, 2.05) is 6.92 Å². The van der Waals surface area contributed by atoms with Crippen LogP contribution in [0.5, 0.6) is 0 Å². The first kappa shape index (κ1) is 10.5. The van der Waals surface area contributed by atoms with Gasteiger partial charge in [-0.2, -0.15) is 0 Å². The number of ether oxygens (including phenoxy) is 1. The van der Waals surface area contributed by atoms with Crippen molar-refractivity contribution >= 4 is 5.97 Å². The lowest BCUT2D eigenvalue weighted by molar-refractivity contribution is -0.145. The fourth-order valence-electron chi connectivity index (χ4n) is 1.69. The largest absolute Gasteiger partial charge is 0.469 e. The zero-order chi connectivity index (χ0) is 9.84. The van der Waals surface area contributed by atoms with Gasteiger partial charge in [0.15, 0.2) is 0 Å². The number of likely N-dealkylation sites (tertiary alicyclic amines) is 1. The van der Waals surface area contributed by atoms with Gasteiger partial charge in [0.25, 0.3) is 0 Å². The molecule has 0 saturated carbocycles. The Balaban J connectivity index is 2.28. The molecule has 76 valence electrons. The molecule has 1 rings (SSSR count). The molecule has 0 bridgehead atoms. The summed E-state index contributed by atoms with van der Waals surface area (Å²) in [4.78, 5) is 13.3. The van der Waals surface area contributed by atoms with Gasteiger partial charge >= 0.3 is 5.97 Å². The highest BCUT2D eigenvalue weighted by Crippen LogP contribution is 2.10. The molecule has 0 aromatic heterocycles. The van der Waals surface area contributed by atoms with Crippen molar-refractivity contribution in [1.82, 2.24) is 4.90 Å². The van der Waals surface area contributed by atoms with E-state index in [4.69, 9.17) is 5.73 Å². The maximum absolute atomic E-state index is 11.1. The van der Waals surface area contributed by atoms with Crippen molar-refractivity contribution in [3.63, 3.8) is 0 Å². The summed E-state index contributed by atoms with van der Waals surface area (Å²) in [5.41, 5.74) is 5.75. The molecule has 1 fully saturated rings. The molecule has 4 nitrogen and oxygen atoms in total. The van der Waals surface area contributed by atoms with E-state index in [1.54, 1.807) is 0 Å².